The Hall–Kier alpha value is -2.24. The first-order valence-corrected chi connectivity index (χ1v) is 6.47. The van der Waals surface area contributed by atoms with Gasteiger partial charge in [-0.2, -0.15) is 5.10 Å². The zero-order valence-corrected chi connectivity index (χ0v) is 11.4. The normalized spacial score (nSPS) is 13.8. The van der Waals surface area contributed by atoms with E-state index in [-0.39, 0.29) is 30.1 Å². The second-order valence-electron chi connectivity index (χ2n) is 4.79. The molecule has 2 N–H and O–H groups in total. The van der Waals surface area contributed by atoms with Crippen LogP contribution >= 0.6 is 0 Å². The molecule has 0 radical (unpaired) electrons. The Bertz CT molecular complexity index is 570. The topological polar surface area (TPSA) is 70.7 Å². The van der Waals surface area contributed by atoms with Gasteiger partial charge in [-0.05, 0) is 24.5 Å². The average molecular weight is 276 g/mol. The highest BCUT2D eigenvalue weighted by Gasteiger charge is 2.17. The van der Waals surface area contributed by atoms with Crippen LogP contribution in [0.15, 0.2) is 30.6 Å². The van der Waals surface area contributed by atoms with Crippen molar-refractivity contribution in [2.45, 2.75) is 32.2 Å². The fraction of sp³-hybridized carbons (Fsp3) is 0.357. The summed E-state index contributed by atoms with van der Waals surface area (Å²) in [5.74, 6) is -0.0178. The van der Waals surface area contributed by atoms with Crippen molar-refractivity contribution in [1.82, 2.24) is 20.5 Å². The first-order chi connectivity index (χ1) is 9.58. The first-order valence-electron chi connectivity index (χ1n) is 6.47. The quantitative estimate of drug-likeness (QED) is 0.880. The Labute approximate surface area is 116 Å². The van der Waals surface area contributed by atoms with Crippen molar-refractivity contribution in [2.24, 2.45) is 0 Å². The predicted octanol–water partition coefficient (Wildman–Crippen LogP) is 2.31. The van der Waals surface area contributed by atoms with Gasteiger partial charge in [0, 0.05) is 6.42 Å². The molecule has 2 rings (SSSR count). The van der Waals surface area contributed by atoms with Gasteiger partial charge in [-0.15, -0.1) is 0 Å². The van der Waals surface area contributed by atoms with Crippen LogP contribution in [0.2, 0.25) is 0 Å². The van der Waals surface area contributed by atoms with E-state index in [1.54, 1.807) is 18.2 Å². The summed E-state index contributed by atoms with van der Waals surface area (Å²) in [7, 11) is 0. The summed E-state index contributed by atoms with van der Waals surface area (Å²) in [5, 5.41) is 9.24. The van der Waals surface area contributed by atoms with E-state index in [9.17, 15) is 9.18 Å². The van der Waals surface area contributed by atoms with Crippen molar-refractivity contribution in [3.63, 3.8) is 0 Å². The minimum absolute atomic E-state index is 0.148. The summed E-state index contributed by atoms with van der Waals surface area (Å²) in [6.07, 6.45) is 1.61. The third-order valence-corrected chi connectivity index (χ3v) is 3.15. The Morgan fingerprint density at radius 1 is 1.40 bits per heavy atom. The van der Waals surface area contributed by atoms with Gasteiger partial charge in [0.1, 0.15) is 18.0 Å². The van der Waals surface area contributed by atoms with Gasteiger partial charge in [0.15, 0.2) is 0 Å². The Balaban J connectivity index is 1.93. The molecule has 2 aromatic rings. The van der Waals surface area contributed by atoms with Gasteiger partial charge >= 0.3 is 0 Å². The lowest BCUT2D eigenvalue weighted by Gasteiger charge is -2.15. The van der Waals surface area contributed by atoms with E-state index in [4.69, 9.17) is 0 Å². The number of aromatic nitrogens is 3. The van der Waals surface area contributed by atoms with Gasteiger partial charge in [-0.1, -0.05) is 25.1 Å². The molecular formula is C14H17FN4O. The molecule has 106 valence electrons. The molecule has 0 aliphatic carbocycles. The van der Waals surface area contributed by atoms with Crippen molar-refractivity contribution < 1.29 is 9.18 Å². The van der Waals surface area contributed by atoms with E-state index in [0.717, 1.165) is 0 Å². The lowest BCUT2D eigenvalue weighted by Crippen LogP contribution is -2.28. The lowest BCUT2D eigenvalue weighted by molar-refractivity contribution is -0.122. The van der Waals surface area contributed by atoms with Crippen LogP contribution in [0.3, 0.4) is 0 Å². The number of aromatic amines is 1. The number of H-pyrrole nitrogens is 1. The monoisotopic (exact) mass is 276 g/mol. The first kappa shape index (κ1) is 14.2. The minimum atomic E-state index is -0.281. The summed E-state index contributed by atoms with van der Waals surface area (Å²) in [6.45, 7) is 3.64. The minimum Gasteiger partial charge on any atom is -0.346 e. The molecule has 0 unspecified atom stereocenters. The highest BCUT2D eigenvalue weighted by atomic mass is 19.1. The molecule has 0 fully saturated rings. The number of nitrogens with zero attached hydrogens (tertiary/aromatic N) is 2. The molecule has 2 atom stereocenters. The molecule has 1 aromatic carbocycles. The molecular weight excluding hydrogens is 259 g/mol. The average Bonchev–Trinajstić information content (AvgIpc) is 2.92. The molecule has 5 nitrogen and oxygen atoms in total. The molecule has 0 saturated heterocycles. The van der Waals surface area contributed by atoms with Crippen LogP contribution in [0.1, 0.15) is 43.6 Å². The number of benzene rings is 1. The van der Waals surface area contributed by atoms with Gasteiger partial charge in [-0.3, -0.25) is 9.89 Å². The molecule has 0 saturated carbocycles. The van der Waals surface area contributed by atoms with E-state index < -0.39 is 0 Å². The van der Waals surface area contributed by atoms with Gasteiger partial charge in [0.25, 0.3) is 0 Å². The third kappa shape index (κ3) is 3.40. The smallest absolute Gasteiger partial charge is 0.221 e. The van der Waals surface area contributed by atoms with E-state index in [1.807, 2.05) is 13.8 Å². The molecule has 0 spiro atoms. The zero-order chi connectivity index (χ0) is 14.5. The fourth-order valence-corrected chi connectivity index (χ4v) is 2.06. The van der Waals surface area contributed by atoms with Crippen LogP contribution in [0.4, 0.5) is 4.39 Å². The molecule has 6 heteroatoms. The largest absolute Gasteiger partial charge is 0.346 e. The highest BCUT2D eigenvalue weighted by Crippen LogP contribution is 2.22. The van der Waals surface area contributed by atoms with Crippen LogP contribution in [-0.2, 0) is 4.79 Å². The second-order valence-corrected chi connectivity index (χ2v) is 4.79. The molecule has 0 aliphatic heterocycles. The van der Waals surface area contributed by atoms with Crippen molar-refractivity contribution in [3.8, 4) is 0 Å². The van der Waals surface area contributed by atoms with Gasteiger partial charge in [0.2, 0.25) is 5.91 Å². The SMILES string of the molecule is C[C@@H](CC(=O)N[C@H](C)c1ncn[nH]1)c1ccccc1F. The van der Waals surface area contributed by atoms with Crippen LogP contribution in [-0.4, -0.2) is 21.1 Å². The highest BCUT2D eigenvalue weighted by molar-refractivity contribution is 5.77. The van der Waals surface area contributed by atoms with E-state index >= 15 is 0 Å². The van der Waals surface area contributed by atoms with Crippen molar-refractivity contribution >= 4 is 5.91 Å². The molecule has 0 aliphatic rings. The van der Waals surface area contributed by atoms with Crippen molar-refractivity contribution in [3.05, 3.63) is 47.8 Å². The van der Waals surface area contributed by atoms with E-state index in [2.05, 4.69) is 20.5 Å². The Morgan fingerprint density at radius 2 is 2.15 bits per heavy atom. The lowest BCUT2D eigenvalue weighted by atomic mass is 9.97. The van der Waals surface area contributed by atoms with E-state index in [1.165, 1.54) is 12.4 Å². The number of nitrogens with one attached hydrogen (secondary N) is 2. The molecule has 0 bridgehead atoms. The maximum atomic E-state index is 13.6. The molecule has 20 heavy (non-hydrogen) atoms. The van der Waals surface area contributed by atoms with Gasteiger partial charge in [-0.25, -0.2) is 9.37 Å². The Morgan fingerprint density at radius 3 is 2.80 bits per heavy atom. The summed E-state index contributed by atoms with van der Waals surface area (Å²) in [5.41, 5.74) is 0.551. The number of halogens is 1. The van der Waals surface area contributed by atoms with Crippen LogP contribution in [0, 0.1) is 5.82 Å². The number of rotatable bonds is 5. The molecule has 1 aromatic heterocycles. The number of carbonyl (C=O) groups is 1. The summed E-state index contributed by atoms with van der Waals surface area (Å²) < 4.78 is 13.6. The molecule has 1 amide bonds. The van der Waals surface area contributed by atoms with Crippen LogP contribution in [0.5, 0.6) is 0 Å². The number of hydrogen-bond acceptors (Lipinski definition) is 3. The maximum absolute atomic E-state index is 13.6. The van der Waals surface area contributed by atoms with Crippen molar-refractivity contribution in [2.75, 3.05) is 0 Å². The zero-order valence-electron chi connectivity index (χ0n) is 11.4. The van der Waals surface area contributed by atoms with E-state index in [0.29, 0.717) is 11.4 Å². The Kier molecular flexibility index (Phi) is 4.45. The van der Waals surface area contributed by atoms with Crippen molar-refractivity contribution in [1.29, 1.82) is 0 Å². The maximum Gasteiger partial charge on any atom is 0.221 e. The predicted molar refractivity (Wildman–Crippen MR) is 72.4 cm³/mol. The summed E-state index contributed by atoms with van der Waals surface area (Å²) >= 11 is 0. The van der Waals surface area contributed by atoms with Gasteiger partial charge in [0.05, 0.1) is 6.04 Å². The number of hydrogen-bond donors (Lipinski definition) is 2. The van der Waals surface area contributed by atoms with Crippen LogP contribution in [0.25, 0.3) is 0 Å². The second kappa shape index (κ2) is 6.27. The van der Waals surface area contributed by atoms with Crippen LogP contribution < -0.4 is 5.32 Å². The molecule has 1 heterocycles. The number of carbonyl (C=O) groups excluding carboxylic acids is 1. The van der Waals surface area contributed by atoms with Gasteiger partial charge < -0.3 is 5.32 Å². The fourth-order valence-electron chi connectivity index (χ4n) is 2.06. The third-order valence-electron chi connectivity index (χ3n) is 3.15. The summed E-state index contributed by atoms with van der Waals surface area (Å²) in [4.78, 5) is 15.9. The number of amides is 1. The standard InChI is InChI=1S/C14H17FN4O/c1-9(11-5-3-4-6-12(11)15)7-13(20)18-10(2)14-16-8-17-19-14/h3-6,8-10H,7H2,1-2H3,(H,18,20)(H,16,17,19)/t9-,10+/m0/s1. The summed E-state index contributed by atoms with van der Waals surface area (Å²) in [6, 6.07) is 6.26.